The number of aromatic nitrogens is 1. The van der Waals surface area contributed by atoms with Crippen molar-refractivity contribution >= 4 is 22.4 Å². The maximum absolute atomic E-state index is 11.9. The predicted octanol–water partition coefficient (Wildman–Crippen LogP) is 2.30. The highest BCUT2D eigenvalue weighted by Gasteiger charge is 2.13. The van der Waals surface area contributed by atoms with E-state index in [1.807, 2.05) is 31.2 Å². The third-order valence-electron chi connectivity index (χ3n) is 2.88. The van der Waals surface area contributed by atoms with Gasteiger partial charge in [0.1, 0.15) is 0 Å². The Morgan fingerprint density at radius 2 is 2.28 bits per heavy atom. The third kappa shape index (κ3) is 2.65. The normalized spacial score (nSPS) is 12.3. The van der Waals surface area contributed by atoms with Crippen molar-refractivity contribution in [1.82, 2.24) is 4.98 Å². The van der Waals surface area contributed by atoms with Crippen LogP contribution in [-0.4, -0.2) is 16.9 Å². The van der Waals surface area contributed by atoms with Crippen molar-refractivity contribution in [2.45, 2.75) is 25.8 Å². The number of hydrogen-bond donors (Lipinski definition) is 2. The van der Waals surface area contributed by atoms with Crippen molar-refractivity contribution in [3.8, 4) is 0 Å². The van der Waals surface area contributed by atoms with E-state index in [4.69, 9.17) is 5.73 Å². The molecular formula is C14H17N3O. The monoisotopic (exact) mass is 243 g/mol. The van der Waals surface area contributed by atoms with Crippen LogP contribution < -0.4 is 11.1 Å². The van der Waals surface area contributed by atoms with E-state index in [2.05, 4.69) is 10.3 Å². The molecule has 0 saturated carbocycles. The van der Waals surface area contributed by atoms with E-state index < -0.39 is 6.04 Å². The number of fused-ring (bicyclic) bond motifs is 1. The highest BCUT2D eigenvalue weighted by atomic mass is 16.2. The molecule has 18 heavy (non-hydrogen) atoms. The second-order valence-electron chi connectivity index (χ2n) is 4.29. The molecule has 0 aliphatic carbocycles. The Kier molecular flexibility index (Phi) is 3.89. The van der Waals surface area contributed by atoms with Gasteiger partial charge in [0.2, 0.25) is 5.91 Å². The summed E-state index contributed by atoms with van der Waals surface area (Å²) in [6.07, 6.45) is 5.06. The number of nitrogens with one attached hydrogen (secondary N) is 1. The molecule has 0 radical (unpaired) electrons. The summed E-state index contributed by atoms with van der Waals surface area (Å²) in [6.45, 7) is 2.01. The predicted molar refractivity (Wildman–Crippen MR) is 73.3 cm³/mol. The van der Waals surface area contributed by atoms with Crippen molar-refractivity contribution in [2.24, 2.45) is 5.73 Å². The molecule has 1 heterocycles. The Balaban J connectivity index is 2.24. The highest BCUT2D eigenvalue weighted by molar-refractivity contribution is 6.03. The molecule has 4 heteroatoms. The molecule has 4 nitrogen and oxygen atoms in total. The van der Waals surface area contributed by atoms with Crippen molar-refractivity contribution in [3.63, 3.8) is 0 Å². The zero-order chi connectivity index (χ0) is 13.0. The zero-order valence-corrected chi connectivity index (χ0v) is 10.4. The maximum atomic E-state index is 11.9. The molecule has 0 saturated heterocycles. The summed E-state index contributed by atoms with van der Waals surface area (Å²) < 4.78 is 0. The van der Waals surface area contributed by atoms with Gasteiger partial charge in [-0.05, 0) is 23.9 Å². The Labute approximate surface area is 106 Å². The number of hydrogen-bond acceptors (Lipinski definition) is 3. The van der Waals surface area contributed by atoms with Crippen LogP contribution >= 0.6 is 0 Å². The van der Waals surface area contributed by atoms with Crippen LogP contribution in [0.25, 0.3) is 10.8 Å². The van der Waals surface area contributed by atoms with Crippen molar-refractivity contribution in [2.75, 3.05) is 5.32 Å². The average Bonchev–Trinajstić information content (AvgIpc) is 2.39. The summed E-state index contributed by atoms with van der Waals surface area (Å²) in [5, 5.41) is 4.84. The van der Waals surface area contributed by atoms with Crippen LogP contribution in [0.3, 0.4) is 0 Å². The summed E-state index contributed by atoms with van der Waals surface area (Å²) in [5.74, 6) is -0.145. The van der Waals surface area contributed by atoms with E-state index >= 15 is 0 Å². The van der Waals surface area contributed by atoms with Gasteiger partial charge in [0.15, 0.2) is 0 Å². The maximum Gasteiger partial charge on any atom is 0.241 e. The van der Waals surface area contributed by atoms with E-state index in [0.29, 0.717) is 6.42 Å². The minimum Gasteiger partial charge on any atom is -0.324 e. The molecule has 1 amide bonds. The fraction of sp³-hybridized carbons (Fsp3) is 0.286. The van der Waals surface area contributed by atoms with Crippen molar-refractivity contribution in [1.29, 1.82) is 0 Å². The number of nitrogens with zero attached hydrogens (tertiary/aromatic N) is 1. The second-order valence-corrected chi connectivity index (χ2v) is 4.29. The molecule has 94 valence electrons. The molecule has 0 aliphatic rings. The van der Waals surface area contributed by atoms with Gasteiger partial charge in [-0.2, -0.15) is 0 Å². The summed E-state index contributed by atoms with van der Waals surface area (Å²) in [5.41, 5.74) is 6.55. The van der Waals surface area contributed by atoms with Gasteiger partial charge in [0, 0.05) is 17.8 Å². The minimum absolute atomic E-state index is 0.145. The van der Waals surface area contributed by atoms with E-state index in [1.54, 1.807) is 12.4 Å². The molecule has 1 aromatic carbocycles. The number of rotatable bonds is 4. The summed E-state index contributed by atoms with van der Waals surface area (Å²) in [4.78, 5) is 16.0. The topological polar surface area (TPSA) is 68.0 Å². The molecule has 1 atom stereocenters. The van der Waals surface area contributed by atoms with Gasteiger partial charge < -0.3 is 11.1 Å². The molecule has 3 N–H and O–H groups in total. The number of benzene rings is 1. The van der Waals surface area contributed by atoms with E-state index in [1.165, 1.54) is 0 Å². The first-order chi connectivity index (χ1) is 8.72. The van der Waals surface area contributed by atoms with Gasteiger partial charge in [0.05, 0.1) is 11.7 Å². The van der Waals surface area contributed by atoms with Crippen LogP contribution in [0.4, 0.5) is 5.69 Å². The van der Waals surface area contributed by atoms with Crippen LogP contribution in [-0.2, 0) is 4.79 Å². The quantitative estimate of drug-likeness (QED) is 0.865. The fourth-order valence-electron chi connectivity index (χ4n) is 1.89. The first-order valence-corrected chi connectivity index (χ1v) is 6.11. The van der Waals surface area contributed by atoms with Gasteiger partial charge in [-0.25, -0.2) is 0 Å². The second kappa shape index (κ2) is 5.60. The standard InChI is InChI=1S/C14H17N3O/c1-2-4-12(15)14(18)17-13-6-3-5-10-7-8-16-9-11(10)13/h3,5-9,12H,2,4,15H2,1H3,(H,17,18). The Hall–Kier alpha value is -1.94. The van der Waals surface area contributed by atoms with Gasteiger partial charge in [0.25, 0.3) is 0 Å². The minimum atomic E-state index is -0.457. The van der Waals surface area contributed by atoms with Crippen LogP contribution in [0.1, 0.15) is 19.8 Å². The van der Waals surface area contributed by atoms with Crippen LogP contribution in [0.15, 0.2) is 36.7 Å². The van der Waals surface area contributed by atoms with Gasteiger partial charge in [-0.3, -0.25) is 9.78 Å². The molecule has 1 unspecified atom stereocenters. The fourth-order valence-corrected chi connectivity index (χ4v) is 1.89. The van der Waals surface area contributed by atoms with Crippen LogP contribution in [0.2, 0.25) is 0 Å². The number of anilines is 1. The number of carbonyl (C=O) groups excluding carboxylic acids is 1. The summed E-state index contributed by atoms with van der Waals surface area (Å²) in [7, 11) is 0. The Bertz CT molecular complexity index is 548. The summed E-state index contributed by atoms with van der Waals surface area (Å²) >= 11 is 0. The largest absolute Gasteiger partial charge is 0.324 e. The van der Waals surface area contributed by atoms with E-state index in [-0.39, 0.29) is 5.91 Å². The molecular weight excluding hydrogens is 226 g/mol. The first kappa shape index (κ1) is 12.5. The van der Waals surface area contributed by atoms with Crippen molar-refractivity contribution < 1.29 is 4.79 Å². The molecule has 1 aromatic heterocycles. The highest BCUT2D eigenvalue weighted by Crippen LogP contribution is 2.22. The molecule has 0 spiro atoms. The summed E-state index contributed by atoms with van der Waals surface area (Å²) in [6, 6.07) is 7.21. The molecule has 2 rings (SSSR count). The van der Waals surface area contributed by atoms with Crippen molar-refractivity contribution in [3.05, 3.63) is 36.7 Å². The lowest BCUT2D eigenvalue weighted by Gasteiger charge is -2.12. The van der Waals surface area contributed by atoms with Crippen LogP contribution in [0, 0.1) is 0 Å². The third-order valence-corrected chi connectivity index (χ3v) is 2.88. The molecule has 2 aromatic rings. The van der Waals surface area contributed by atoms with Gasteiger partial charge in [-0.15, -0.1) is 0 Å². The number of pyridine rings is 1. The number of carbonyl (C=O) groups is 1. The molecule has 0 bridgehead atoms. The Morgan fingerprint density at radius 1 is 1.44 bits per heavy atom. The number of amides is 1. The van der Waals surface area contributed by atoms with E-state index in [0.717, 1.165) is 22.9 Å². The van der Waals surface area contributed by atoms with Gasteiger partial charge >= 0.3 is 0 Å². The van der Waals surface area contributed by atoms with Crippen LogP contribution in [0.5, 0.6) is 0 Å². The number of nitrogens with two attached hydrogens (primary N) is 1. The molecule has 0 fully saturated rings. The lowest BCUT2D eigenvalue weighted by atomic mass is 10.1. The Morgan fingerprint density at radius 3 is 3.06 bits per heavy atom. The average molecular weight is 243 g/mol. The lowest BCUT2D eigenvalue weighted by molar-refractivity contribution is -0.117. The van der Waals surface area contributed by atoms with E-state index in [9.17, 15) is 4.79 Å². The SMILES string of the molecule is CCCC(N)C(=O)Nc1cccc2ccncc12. The zero-order valence-electron chi connectivity index (χ0n) is 10.4. The first-order valence-electron chi connectivity index (χ1n) is 6.11. The smallest absolute Gasteiger partial charge is 0.241 e. The molecule has 0 aliphatic heterocycles. The lowest BCUT2D eigenvalue weighted by Crippen LogP contribution is -2.35. The van der Waals surface area contributed by atoms with Gasteiger partial charge in [-0.1, -0.05) is 25.5 Å².